The molecule has 0 heterocycles. The molecule has 0 bridgehead atoms. The topological polar surface area (TPSA) is 37.3 Å². The normalized spacial score (nSPS) is 37.3. The zero-order valence-corrected chi connectivity index (χ0v) is 7.42. The van der Waals surface area contributed by atoms with Crippen LogP contribution in [-0.4, -0.2) is 17.0 Å². The zero-order valence-electron chi connectivity index (χ0n) is 7.42. The minimum atomic E-state index is -0.707. The predicted molar refractivity (Wildman–Crippen MR) is 43.2 cm³/mol. The van der Waals surface area contributed by atoms with Crippen LogP contribution < -0.4 is 0 Å². The molecular weight excluding hydrogens is 140 g/mol. The first-order valence-corrected chi connectivity index (χ1v) is 4.14. The molecule has 0 aliphatic heterocycles. The average molecular weight is 156 g/mol. The maximum absolute atomic E-state index is 11.0. The third kappa shape index (κ3) is 1.62. The van der Waals surface area contributed by atoms with E-state index < -0.39 is 6.10 Å². The van der Waals surface area contributed by atoms with Gasteiger partial charge in [-0.2, -0.15) is 0 Å². The Labute approximate surface area is 67.6 Å². The summed E-state index contributed by atoms with van der Waals surface area (Å²) in [5, 5.41) is 9.28. The van der Waals surface area contributed by atoms with Crippen LogP contribution in [0.1, 0.15) is 33.6 Å². The molecule has 1 fully saturated rings. The summed E-state index contributed by atoms with van der Waals surface area (Å²) in [5.74, 6) is 0.412. The Morgan fingerprint density at radius 3 is 2.55 bits per heavy atom. The maximum Gasteiger partial charge on any atom is 0.161 e. The van der Waals surface area contributed by atoms with Gasteiger partial charge < -0.3 is 5.11 Å². The molecule has 0 radical (unpaired) electrons. The second-order valence-electron chi connectivity index (χ2n) is 4.28. The summed E-state index contributed by atoms with van der Waals surface area (Å²) in [6, 6.07) is 0. The lowest BCUT2D eigenvalue weighted by molar-refractivity contribution is -0.135. The summed E-state index contributed by atoms with van der Waals surface area (Å²) in [4.78, 5) is 11.0. The second kappa shape index (κ2) is 2.59. The lowest BCUT2D eigenvalue weighted by atomic mass is 9.68. The molecule has 1 saturated carbocycles. The number of carbonyl (C=O) groups is 1. The van der Waals surface area contributed by atoms with Crippen LogP contribution in [0.3, 0.4) is 0 Å². The predicted octanol–water partition coefficient (Wildman–Crippen LogP) is 1.37. The molecular formula is C9H16O2. The van der Waals surface area contributed by atoms with E-state index in [4.69, 9.17) is 0 Å². The van der Waals surface area contributed by atoms with E-state index in [1.807, 2.05) is 0 Å². The third-order valence-corrected chi connectivity index (χ3v) is 2.93. The Bertz CT molecular complexity index is 172. The van der Waals surface area contributed by atoms with Crippen molar-refractivity contribution in [1.29, 1.82) is 0 Å². The second-order valence-corrected chi connectivity index (χ2v) is 4.28. The number of aliphatic hydroxyl groups is 1. The monoisotopic (exact) mass is 156 g/mol. The van der Waals surface area contributed by atoms with Crippen LogP contribution in [0.2, 0.25) is 0 Å². The van der Waals surface area contributed by atoms with Gasteiger partial charge in [-0.3, -0.25) is 4.79 Å². The zero-order chi connectivity index (χ0) is 8.65. The number of Topliss-reactive ketones (excluding diaryl/α,β-unsaturated/α-hetero) is 1. The van der Waals surface area contributed by atoms with Crippen LogP contribution in [0.5, 0.6) is 0 Å². The molecule has 64 valence electrons. The number of hydrogen-bond acceptors (Lipinski definition) is 2. The largest absolute Gasteiger partial charge is 0.385 e. The molecule has 1 aliphatic carbocycles. The van der Waals surface area contributed by atoms with Crippen LogP contribution in [0.25, 0.3) is 0 Å². The van der Waals surface area contributed by atoms with Crippen molar-refractivity contribution in [3.63, 3.8) is 0 Å². The minimum absolute atomic E-state index is 0.0109. The fourth-order valence-electron chi connectivity index (χ4n) is 1.53. The summed E-state index contributed by atoms with van der Waals surface area (Å²) in [5.41, 5.74) is 0.118. The molecule has 0 aromatic heterocycles. The van der Waals surface area contributed by atoms with Crippen molar-refractivity contribution in [2.75, 3.05) is 0 Å². The van der Waals surface area contributed by atoms with Gasteiger partial charge in [-0.15, -0.1) is 0 Å². The van der Waals surface area contributed by atoms with E-state index in [0.717, 1.165) is 0 Å². The van der Waals surface area contributed by atoms with E-state index in [1.165, 1.54) is 0 Å². The highest BCUT2D eigenvalue weighted by Crippen LogP contribution is 2.38. The smallest absolute Gasteiger partial charge is 0.161 e. The van der Waals surface area contributed by atoms with Crippen molar-refractivity contribution in [3.8, 4) is 0 Å². The molecule has 0 spiro atoms. The van der Waals surface area contributed by atoms with Crippen molar-refractivity contribution < 1.29 is 9.90 Å². The summed E-state index contributed by atoms with van der Waals surface area (Å²) >= 11 is 0. The van der Waals surface area contributed by atoms with Crippen LogP contribution in [0.15, 0.2) is 0 Å². The summed E-state index contributed by atoms with van der Waals surface area (Å²) in [6.45, 7) is 6.28. The molecule has 2 heteroatoms. The number of hydrogen-bond donors (Lipinski definition) is 1. The van der Waals surface area contributed by atoms with Gasteiger partial charge in [-0.05, 0) is 17.8 Å². The van der Waals surface area contributed by atoms with Crippen LogP contribution in [-0.2, 0) is 4.79 Å². The fourth-order valence-corrected chi connectivity index (χ4v) is 1.53. The van der Waals surface area contributed by atoms with Crippen molar-refractivity contribution in [3.05, 3.63) is 0 Å². The van der Waals surface area contributed by atoms with Gasteiger partial charge in [0.25, 0.3) is 0 Å². The molecule has 2 atom stereocenters. The van der Waals surface area contributed by atoms with Gasteiger partial charge in [-0.25, -0.2) is 0 Å². The Balaban J connectivity index is 2.70. The van der Waals surface area contributed by atoms with Gasteiger partial charge >= 0.3 is 0 Å². The minimum Gasteiger partial charge on any atom is -0.385 e. The number of rotatable bonds is 0. The Morgan fingerprint density at radius 2 is 2.09 bits per heavy atom. The first-order valence-electron chi connectivity index (χ1n) is 4.14. The molecule has 0 aromatic rings. The third-order valence-electron chi connectivity index (χ3n) is 2.93. The van der Waals surface area contributed by atoms with E-state index in [1.54, 1.807) is 0 Å². The molecule has 0 saturated heterocycles. The summed E-state index contributed by atoms with van der Waals surface area (Å²) in [7, 11) is 0. The molecule has 1 unspecified atom stereocenters. The summed E-state index contributed by atoms with van der Waals surface area (Å²) in [6.07, 6.45) is 0.447. The molecule has 1 N–H and O–H groups in total. The van der Waals surface area contributed by atoms with Crippen LogP contribution >= 0.6 is 0 Å². The SMILES string of the molecule is CC1CC(=O)[C@H](O)CC1(C)C. The van der Waals surface area contributed by atoms with E-state index >= 15 is 0 Å². The van der Waals surface area contributed by atoms with Gasteiger partial charge in [0.05, 0.1) is 0 Å². The number of aliphatic hydroxyl groups excluding tert-OH is 1. The molecule has 2 nitrogen and oxygen atoms in total. The quantitative estimate of drug-likeness (QED) is 0.575. The number of ketones is 1. The highest BCUT2D eigenvalue weighted by Gasteiger charge is 2.37. The van der Waals surface area contributed by atoms with Crippen molar-refractivity contribution in [2.45, 2.75) is 39.7 Å². The molecule has 1 aliphatic rings. The van der Waals surface area contributed by atoms with E-state index in [2.05, 4.69) is 20.8 Å². The van der Waals surface area contributed by atoms with Crippen LogP contribution in [0.4, 0.5) is 0 Å². The van der Waals surface area contributed by atoms with Gasteiger partial charge in [0.1, 0.15) is 6.10 Å². The van der Waals surface area contributed by atoms with Crippen molar-refractivity contribution >= 4 is 5.78 Å². The van der Waals surface area contributed by atoms with E-state index in [0.29, 0.717) is 18.8 Å². The first-order chi connectivity index (χ1) is 4.93. The first kappa shape index (κ1) is 8.72. The molecule has 11 heavy (non-hydrogen) atoms. The highest BCUT2D eigenvalue weighted by atomic mass is 16.3. The Morgan fingerprint density at radius 1 is 1.55 bits per heavy atom. The molecule has 0 aromatic carbocycles. The summed E-state index contributed by atoms with van der Waals surface area (Å²) < 4.78 is 0. The molecule has 0 amide bonds. The van der Waals surface area contributed by atoms with Crippen molar-refractivity contribution in [2.24, 2.45) is 11.3 Å². The van der Waals surface area contributed by atoms with Gasteiger partial charge in [0.15, 0.2) is 5.78 Å². The van der Waals surface area contributed by atoms with Gasteiger partial charge in [-0.1, -0.05) is 20.8 Å². The highest BCUT2D eigenvalue weighted by molar-refractivity contribution is 5.83. The van der Waals surface area contributed by atoms with Crippen molar-refractivity contribution in [1.82, 2.24) is 0 Å². The fraction of sp³-hybridized carbons (Fsp3) is 0.889. The lowest BCUT2D eigenvalue weighted by Crippen LogP contribution is -2.39. The average Bonchev–Trinajstić information content (AvgIpc) is 1.83. The van der Waals surface area contributed by atoms with E-state index in [-0.39, 0.29) is 11.2 Å². The van der Waals surface area contributed by atoms with Gasteiger partial charge in [0.2, 0.25) is 0 Å². The maximum atomic E-state index is 11.0. The van der Waals surface area contributed by atoms with Gasteiger partial charge in [0, 0.05) is 6.42 Å². The Hall–Kier alpha value is -0.370. The Kier molecular flexibility index (Phi) is 2.06. The van der Waals surface area contributed by atoms with Crippen LogP contribution in [0, 0.1) is 11.3 Å². The van der Waals surface area contributed by atoms with E-state index in [9.17, 15) is 9.90 Å². The molecule has 1 rings (SSSR count). The standard InChI is InChI=1S/C9H16O2/c1-6-4-7(10)8(11)5-9(6,2)3/h6,8,11H,4-5H2,1-3H3/t6?,8-/m1/s1. The lowest BCUT2D eigenvalue weighted by Gasteiger charge is -2.37. The number of carbonyl (C=O) groups excluding carboxylic acids is 1.